The maximum Gasteiger partial charge on any atom is 0.251 e. The van der Waals surface area contributed by atoms with Crippen molar-refractivity contribution < 1.29 is 13.6 Å². The summed E-state index contributed by atoms with van der Waals surface area (Å²) in [5.74, 6) is -0.235. The van der Waals surface area contributed by atoms with Crippen LogP contribution in [0.3, 0.4) is 0 Å². The van der Waals surface area contributed by atoms with Crippen molar-refractivity contribution in [2.24, 2.45) is 0 Å². The van der Waals surface area contributed by atoms with Gasteiger partial charge in [-0.15, -0.1) is 0 Å². The SMILES string of the molecule is O=C(NCCc1cnc[nH]1)c1ccc(N(CCc2cccc(Cl)c2Cl)S(=O)[O-])cc1. The van der Waals surface area contributed by atoms with Gasteiger partial charge in [-0.2, -0.15) is 0 Å². The van der Waals surface area contributed by atoms with Crippen LogP contribution in [0.1, 0.15) is 21.6 Å². The Labute approximate surface area is 186 Å². The summed E-state index contributed by atoms with van der Waals surface area (Å²) in [5.41, 5.74) is 2.58. The van der Waals surface area contributed by atoms with Crippen molar-refractivity contribution in [3.63, 3.8) is 0 Å². The molecule has 3 aromatic rings. The molecule has 30 heavy (non-hydrogen) atoms. The van der Waals surface area contributed by atoms with Crippen LogP contribution in [-0.4, -0.2) is 37.7 Å². The number of carbonyl (C=O) groups excluding carboxylic acids is 1. The van der Waals surface area contributed by atoms with Crippen molar-refractivity contribution in [1.82, 2.24) is 15.3 Å². The molecule has 0 spiro atoms. The van der Waals surface area contributed by atoms with Crippen LogP contribution in [0.15, 0.2) is 55.0 Å². The number of H-pyrrole nitrogens is 1. The normalized spacial score (nSPS) is 11.8. The molecular weight excluding hydrogens is 447 g/mol. The number of imidazole rings is 1. The number of carbonyl (C=O) groups is 1. The van der Waals surface area contributed by atoms with Gasteiger partial charge in [-0.25, -0.2) is 4.98 Å². The molecule has 0 saturated carbocycles. The average molecular weight is 466 g/mol. The Morgan fingerprint density at radius 3 is 2.60 bits per heavy atom. The van der Waals surface area contributed by atoms with E-state index in [1.807, 2.05) is 0 Å². The van der Waals surface area contributed by atoms with Crippen LogP contribution < -0.4 is 9.62 Å². The number of anilines is 1. The molecule has 10 heteroatoms. The van der Waals surface area contributed by atoms with E-state index in [2.05, 4.69) is 15.3 Å². The molecule has 1 aromatic heterocycles. The third-order valence-corrected chi connectivity index (χ3v) is 6.06. The summed E-state index contributed by atoms with van der Waals surface area (Å²) in [6.45, 7) is 0.645. The molecule has 0 bridgehead atoms. The summed E-state index contributed by atoms with van der Waals surface area (Å²) in [5, 5.41) is 3.66. The lowest BCUT2D eigenvalue weighted by molar-refractivity contribution is 0.0954. The maximum atomic E-state index is 12.3. The molecule has 1 heterocycles. The minimum absolute atomic E-state index is 0.186. The zero-order chi connectivity index (χ0) is 21.5. The van der Waals surface area contributed by atoms with Crippen LogP contribution in [0, 0.1) is 0 Å². The first-order valence-corrected chi connectivity index (χ1v) is 10.9. The number of hydrogen-bond acceptors (Lipinski definition) is 4. The average Bonchev–Trinajstić information content (AvgIpc) is 3.25. The second-order valence-corrected chi connectivity index (χ2v) is 8.07. The molecule has 1 atom stereocenters. The van der Waals surface area contributed by atoms with Crippen molar-refractivity contribution >= 4 is 46.1 Å². The third-order valence-electron chi connectivity index (χ3n) is 4.45. The lowest BCUT2D eigenvalue weighted by Crippen LogP contribution is -2.28. The Hall–Kier alpha value is -2.39. The zero-order valence-corrected chi connectivity index (χ0v) is 18.1. The van der Waals surface area contributed by atoms with E-state index in [-0.39, 0.29) is 12.5 Å². The van der Waals surface area contributed by atoms with Crippen LogP contribution in [0.2, 0.25) is 10.0 Å². The van der Waals surface area contributed by atoms with Gasteiger partial charge in [0.1, 0.15) is 0 Å². The predicted octanol–water partition coefficient (Wildman–Crippen LogP) is 3.53. The molecule has 3 rings (SSSR count). The fraction of sp³-hybridized carbons (Fsp3) is 0.200. The summed E-state index contributed by atoms with van der Waals surface area (Å²) >= 11 is 9.71. The number of hydrogen-bond donors (Lipinski definition) is 2. The van der Waals surface area contributed by atoms with Crippen LogP contribution in [0.25, 0.3) is 0 Å². The molecule has 0 aliphatic heterocycles. The maximum absolute atomic E-state index is 12.3. The molecule has 0 saturated heterocycles. The largest absolute Gasteiger partial charge is 0.755 e. The molecular formula is C20H19Cl2N4O3S-. The molecule has 2 N–H and O–H groups in total. The summed E-state index contributed by atoms with van der Waals surface area (Å²) < 4.78 is 24.7. The topological polar surface area (TPSA) is 101 Å². The standard InChI is InChI=1S/C20H20Cl2N4O3S/c21-18-3-1-2-14(19(18)22)9-11-26(30(28)29)17-6-4-15(5-7-17)20(27)24-10-8-16-12-23-13-25-16/h1-7,12-13H,8-11H2,(H,23,25)(H,24,27)(H,28,29)/p-1. The highest BCUT2D eigenvalue weighted by Gasteiger charge is 2.12. The van der Waals surface area contributed by atoms with Crippen molar-refractivity contribution in [3.05, 3.63) is 81.9 Å². The van der Waals surface area contributed by atoms with Crippen molar-refractivity contribution in [2.75, 3.05) is 17.4 Å². The first-order valence-electron chi connectivity index (χ1n) is 9.11. The van der Waals surface area contributed by atoms with Crippen molar-refractivity contribution in [1.29, 1.82) is 0 Å². The van der Waals surface area contributed by atoms with Gasteiger partial charge >= 0.3 is 0 Å². The smallest absolute Gasteiger partial charge is 0.251 e. The summed E-state index contributed by atoms with van der Waals surface area (Å²) in [6, 6.07) is 11.6. The Balaban J connectivity index is 1.60. The fourth-order valence-corrected chi connectivity index (χ4v) is 3.82. The Bertz CT molecular complexity index is 1010. The monoisotopic (exact) mass is 465 g/mol. The highest BCUT2D eigenvalue weighted by Crippen LogP contribution is 2.26. The highest BCUT2D eigenvalue weighted by atomic mass is 35.5. The summed E-state index contributed by atoms with van der Waals surface area (Å²) in [6.07, 6.45) is 4.32. The molecule has 0 aliphatic carbocycles. The Morgan fingerprint density at radius 1 is 1.17 bits per heavy atom. The Kier molecular flexibility index (Phi) is 7.87. The molecule has 2 aromatic carbocycles. The number of halogens is 2. The first kappa shape index (κ1) is 22.3. The fourth-order valence-electron chi connectivity index (χ4n) is 2.87. The van der Waals surface area contributed by atoms with Gasteiger partial charge in [0.25, 0.3) is 5.91 Å². The quantitative estimate of drug-likeness (QED) is 0.471. The molecule has 7 nitrogen and oxygen atoms in total. The number of benzene rings is 2. The van der Waals surface area contributed by atoms with Gasteiger partial charge in [-0.1, -0.05) is 35.3 Å². The van der Waals surface area contributed by atoms with E-state index in [4.69, 9.17) is 23.2 Å². The predicted molar refractivity (Wildman–Crippen MR) is 117 cm³/mol. The van der Waals surface area contributed by atoms with Crippen LogP contribution in [0.5, 0.6) is 0 Å². The highest BCUT2D eigenvalue weighted by molar-refractivity contribution is 7.80. The van der Waals surface area contributed by atoms with E-state index < -0.39 is 11.3 Å². The van der Waals surface area contributed by atoms with Crippen molar-refractivity contribution in [3.8, 4) is 0 Å². The van der Waals surface area contributed by atoms with Crippen LogP contribution in [-0.2, 0) is 24.1 Å². The molecule has 1 unspecified atom stereocenters. The number of rotatable bonds is 9. The molecule has 1 amide bonds. The second kappa shape index (κ2) is 10.6. The van der Waals surface area contributed by atoms with E-state index >= 15 is 0 Å². The number of nitrogens with one attached hydrogen (secondary N) is 2. The second-order valence-electron chi connectivity index (χ2n) is 6.41. The van der Waals surface area contributed by atoms with Gasteiger partial charge in [-0.05, 0) is 42.3 Å². The number of nitrogens with zero attached hydrogens (tertiary/aromatic N) is 2. The zero-order valence-electron chi connectivity index (χ0n) is 15.8. The molecule has 0 fully saturated rings. The summed E-state index contributed by atoms with van der Waals surface area (Å²) in [4.78, 5) is 19.2. The van der Waals surface area contributed by atoms with Gasteiger partial charge in [0.2, 0.25) is 0 Å². The van der Waals surface area contributed by atoms with E-state index in [9.17, 15) is 13.6 Å². The van der Waals surface area contributed by atoms with E-state index in [1.54, 1.807) is 55.0 Å². The van der Waals surface area contributed by atoms with Crippen LogP contribution in [0.4, 0.5) is 5.69 Å². The van der Waals surface area contributed by atoms with Crippen molar-refractivity contribution in [2.45, 2.75) is 12.8 Å². The number of amides is 1. The van der Waals surface area contributed by atoms with Gasteiger partial charge in [-0.3, -0.25) is 9.00 Å². The molecule has 0 aliphatic rings. The van der Waals surface area contributed by atoms with Crippen LogP contribution >= 0.6 is 23.2 Å². The molecule has 0 radical (unpaired) electrons. The van der Waals surface area contributed by atoms with Gasteiger partial charge in [0, 0.05) is 53.9 Å². The third kappa shape index (κ3) is 5.82. The number of aromatic nitrogens is 2. The molecule has 158 valence electrons. The van der Waals surface area contributed by atoms with Gasteiger partial charge < -0.3 is 19.2 Å². The lowest BCUT2D eigenvalue weighted by atomic mass is 10.1. The number of aromatic amines is 1. The first-order chi connectivity index (χ1) is 14.5. The van der Waals surface area contributed by atoms with E-state index in [0.717, 1.165) is 11.3 Å². The van der Waals surface area contributed by atoms with Gasteiger partial charge in [0.15, 0.2) is 0 Å². The van der Waals surface area contributed by atoms with E-state index in [0.29, 0.717) is 40.7 Å². The Morgan fingerprint density at radius 2 is 1.93 bits per heavy atom. The van der Waals surface area contributed by atoms with E-state index in [1.165, 1.54) is 4.31 Å². The summed E-state index contributed by atoms with van der Waals surface area (Å²) in [7, 11) is 0. The minimum atomic E-state index is -2.48. The van der Waals surface area contributed by atoms with Gasteiger partial charge in [0.05, 0.1) is 16.4 Å². The minimum Gasteiger partial charge on any atom is -0.755 e. The lowest BCUT2D eigenvalue weighted by Gasteiger charge is -2.26.